The van der Waals surface area contributed by atoms with E-state index in [1.54, 1.807) is 43.3 Å². The molecule has 2 amide bonds. The lowest BCUT2D eigenvalue weighted by Gasteiger charge is -2.33. The number of amides is 2. The Balaban J connectivity index is 2.06. The molecule has 1 N–H and O–H groups in total. The Morgan fingerprint density at radius 1 is 0.925 bits per heavy atom. The lowest BCUT2D eigenvalue weighted by atomic mass is 10.1. The van der Waals surface area contributed by atoms with E-state index in [0.717, 1.165) is 21.0 Å². The number of sulfonamides is 1. The number of nitrogens with one attached hydrogen (secondary N) is 1. The topological polar surface area (TPSA) is 86.8 Å². The van der Waals surface area contributed by atoms with Crippen LogP contribution in [-0.2, 0) is 26.2 Å². The number of halogens is 1. The Morgan fingerprint density at radius 2 is 1.55 bits per heavy atom. The van der Waals surface area contributed by atoms with Crippen molar-refractivity contribution in [1.29, 1.82) is 0 Å². The molecule has 2 atom stereocenters. The molecule has 0 aliphatic carbocycles. The summed E-state index contributed by atoms with van der Waals surface area (Å²) >= 11 is 0. The second kappa shape index (κ2) is 13.1. The lowest BCUT2D eigenvalue weighted by Crippen LogP contribution is -2.52. The van der Waals surface area contributed by atoms with Gasteiger partial charge in [0.2, 0.25) is 11.8 Å². The lowest BCUT2D eigenvalue weighted by molar-refractivity contribution is -0.139. The molecule has 0 heterocycles. The van der Waals surface area contributed by atoms with Crippen molar-refractivity contribution in [2.75, 3.05) is 10.8 Å². The Kier molecular flexibility index (Phi) is 10.1. The zero-order chi connectivity index (χ0) is 29.6. The van der Waals surface area contributed by atoms with Crippen LogP contribution in [0.4, 0.5) is 10.1 Å². The van der Waals surface area contributed by atoms with Gasteiger partial charge in [-0.2, -0.15) is 0 Å². The van der Waals surface area contributed by atoms with Gasteiger partial charge in [0.05, 0.1) is 10.6 Å². The smallest absolute Gasteiger partial charge is 0.264 e. The van der Waals surface area contributed by atoms with Gasteiger partial charge in [0, 0.05) is 12.6 Å². The molecule has 0 aliphatic rings. The molecule has 2 unspecified atom stereocenters. The second-order valence-corrected chi connectivity index (χ2v) is 12.0. The maximum atomic E-state index is 14.0. The summed E-state index contributed by atoms with van der Waals surface area (Å²) in [5, 5.41) is 2.90. The molecule has 7 nitrogen and oxygen atoms in total. The minimum atomic E-state index is -4.15. The third-order valence-corrected chi connectivity index (χ3v) is 8.94. The first kappa shape index (κ1) is 30.8. The molecular weight excluding hydrogens is 529 g/mol. The molecule has 0 fully saturated rings. The van der Waals surface area contributed by atoms with Gasteiger partial charge in [0.25, 0.3) is 10.0 Å². The van der Waals surface area contributed by atoms with E-state index < -0.39 is 34.3 Å². The van der Waals surface area contributed by atoms with Gasteiger partial charge in [-0.3, -0.25) is 13.9 Å². The van der Waals surface area contributed by atoms with Crippen LogP contribution in [0.1, 0.15) is 49.4 Å². The molecule has 0 bridgehead atoms. The van der Waals surface area contributed by atoms with E-state index in [1.807, 2.05) is 40.7 Å². The third kappa shape index (κ3) is 7.27. The zero-order valence-corrected chi connectivity index (χ0v) is 24.8. The van der Waals surface area contributed by atoms with Crippen LogP contribution in [0.25, 0.3) is 0 Å². The number of carbonyl (C=O) groups excluding carboxylic acids is 2. The molecule has 3 aromatic carbocycles. The van der Waals surface area contributed by atoms with Crippen LogP contribution in [0.3, 0.4) is 0 Å². The van der Waals surface area contributed by atoms with E-state index in [9.17, 15) is 22.4 Å². The van der Waals surface area contributed by atoms with Crippen molar-refractivity contribution in [1.82, 2.24) is 10.2 Å². The second-order valence-electron chi connectivity index (χ2n) is 10.2. The molecule has 0 aliphatic heterocycles. The monoisotopic (exact) mass is 567 g/mol. The maximum absolute atomic E-state index is 14.0. The van der Waals surface area contributed by atoms with Crippen molar-refractivity contribution in [3.8, 4) is 0 Å². The third-order valence-electron chi connectivity index (χ3n) is 7.17. The quantitative estimate of drug-likeness (QED) is 0.342. The Morgan fingerprint density at radius 3 is 2.15 bits per heavy atom. The first-order valence-electron chi connectivity index (χ1n) is 13.3. The summed E-state index contributed by atoms with van der Waals surface area (Å²) in [6.07, 6.45) is 0.708. The number of aryl methyl sites for hydroxylation is 2. The summed E-state index contributed by atoms with van der Waals surface area (Å²) in [7, 11) is -4.15. The largest absolute Gasteiger partial charge is 0.352 e. The van der Waals surface area contributed by atoms with Crippen molar-refractivity contribution >= 4 is 27.5 Å². The summed E-state index contributed by atoms with van der Waals surface area (Å²) in [5.41, 5.74) is 3.49. The zero-order valence-electron chi connectivity index (χ0n) is 23.9. The standard InChI is InChI=1S/C31H38FN3O4S/c1-7-23(4)33-31(37)25(6)34(19-26-13-15-27(32)16-14-26)30(36)20-35(29-10-8-9-22(3)24(29)5)40(38,39)28-17-11-21(2)12-18-28/h8-18,23,25H,7,19-20H2,1-6H3,(H,33,37). The average Bonchev–Trinajstić information content (AvgIpc) is 2.92. The number of anilines is 1. The Labute approximate surface area is 237 Å². The van der Waals surface area contributed by atoms with Crippen molar-refractivity contribution < 1.29 is 22.4 Å². The summed E-state index contributed by atoms with van der Waals surface area (Å²) in [6.45, 7) is 10.4. The minimum absolute atomic E-state index is 0.000571. The van der Waals surface area contributed by atoms with E-state index in [4.69, 9.17) is 0 Å². The van der Waals surface area contributed by atoms with Gasteiger partial charge >= 0.3 is 0 Å². The normalized spacial score (nSPS) is 12.9. The number of hydrogen-bond donors (Lipinski definition) is 1. The maximum Gasteiger partial charge on any atom is 0.264 e. The Bertz CT molecular complexity index is 1440. The molecule has 9 heteroatoms. The molecule has 0 spiro atoms. The fourth-order valence-corrected chi connectivity index (χ4v) is 5.66. The van der Waals surface area contributed by atoms with Crippen molar-refractivity contribution in [3.63, 3.8) is 0 Å². The van der Waals surface area contributed by atoms with Crippen molar-refractivity contribution in [2.24, 2.45) is 0 Å². The summed E-state index contributed by atoms with van der Waals surface area (Å²) in [5.74, 6) is -1.34. The highest BCUT2D eigenvalue weighted by atomic mass is 32.2. The van der Waals surface area contributed by atoms with E-state index in [0.29, 0.717) is 17.7 Å². The van der Waals surface area contributed by atoms with E-state index >= 15 is 0 Å². The van der Waals surface area contributed by atoms with E-state index in [2.05, 4.69) is 5.32 Å². The fraction of sp³-hybridized carbons (Fsp3) is 0.355. The molecule has 0 saturated heterocycles. The average molecular weight is 568 g/mol. The predicted octanol–water partition coefficient (Wildman–Crippen LogP) is 5.28. The number of carbonyl (C=O) groups is 2. The highest BCUT2D eigenvalue weighted by Gasteiger charge is 2.33. The number of hydrogen-bond acceptors (Lipinski definition) is 4. The van der Waals surface area contributed by atoms with Crippen LogP contribution >= 0.6 is 0 Å². The summed E-state index contributed by atoms with van der Waals surface area (Å²) in [4.78, 5) is 28.5. The Hall–Kier alpha value is -3.72. The van der Waals surface area contributed by atoms with Crippen LogP contribution in [0.15, 0.2) is 71.6 Å². The molecule has 0 aromatic heterocycles. The van der Waals surface area contributed by atoms with Crippen LogP contribution < -0.4 is 9.62 Å². The fourth-order valence-electron chi connectivity index (χ4n) is 4.19. The highest BCUT2D eigenvalue weighted by molar-refractivity contribution is 7.92. The molecule has 40 heavy (non-hydrogen) atoms. The van der Waals surface area contributed by atoms with Gasteiger partial charge in [-0.15, -0.1) is 0 Å². The molecule has 0 saturated carbocycles. The summed E-state index contributed by atoms with van der Waals surface area (Å²) < 4.78 is 42.7. The van der Waals surface area contributed by atoms with Crippen LogP contribution in [0.2, 0.25) is 0 Å². The van der Waals surface area contributed by atoms with Crippen LogP contribution in [0, 0.1) is 26.6 Å². The molecular formula is C31H38FN3O4S. The number of benzene rings is 3. The molecule has 3 rings (SSSR count). The van der Waals surface area contributed by atoms with Crippen LogP contribution in [-0.4, -0.2) is 43.8 Å². The number of rotatable bonds is 11. The van der Waals surface area contributed by atoms with Crippen LogP contribution in [0.5, 0.6) is 0 Å². The molecule has 214 valence electrons. The summed E-state index contributed by atoms with van der Waals surface area (Å²) in [6, 6.07) is 16.4. The van der Waals surface area contributed by atoms with Gasteiger partial charge in [0.1, 0.15) is 18.4 Å². The van der Waals surface area contributed by atoms with E-state index in [-0.39, 0.29) is 23.4 Å². The van der Waals surface area contributed by atoms with Gasteiger partial charge in [-0.25, -0.2) is 12.8 Å². The van der Waals surface area contributed by atoms with Gasteiger partial charge < -0.3 is 10.2 Å². The number of nitrogens with zero attached hydrogens (tertiary/aromatic N) is 2. The SMILES string of the molecule is CCC(C)NC(=O)C(C)N(Cc1ccc(F)cc1)C(=O)CN(c1cccc(C)c1C)S(=O)(=O)c1ccc(C)cc1. The minimum Gasteiger partial charge on any atom is -0.352 e. The van der Waals surface area contributed by atoms with E-state index in [1.165, 1.54) is 29.2 Å². The van der Waals surface area contributed by atoms with Gasteiger partial charge in [-0.1, -0.05) is 48.9 Å². The highest BCUT2D eigenvalue weighted by Crippen LogP contribution is 2.29. The van der Waals surface area contributed by atoms with Gasteiger partial charge in [0.15, 0.2) is 0 Å². The molecule has 0 radical (unpaired) electrons. The van der Waals surface area contributed by atoms with Crippen molar-refractivity contribution in [3.05, 3.63) is 94.8 Å². The van der Waals surface area contributed by atoms with Crippen molar-refractivity contribution in [2.45, 2.75) is 71.5 Å². The first-order chi connectivity index (χ1) is 18.8. The predicted molar refractivity (Wildman–Crippen MR) is 156 cm³/mol. The first-order valence-corrected chi connectivity index (χ1v) is 14.8. The molecule has 3 aromatic rings. The van der Waals surface area contributed by atoms with Gasteiger partial charge in [-0.05, 0) is 88.1 Å².